The van der Waals surface area contributed by atoms with Crippen molar-refractivity contribution in [3.8, 4) is 5.75 Å². The van der Waals surface area contributed by atoms with Crippen LogP contribution in [0.5, 0.6) is 5.75 Å². The number of alkyl halides is 1. The number of carbonyl (C=O) groups excluding carboxylic acids is 1. The third kappa shape index (κ3) is 2.74. The van der Waals surface area contributed by atoms with E-state index in [2.05, 4.69) is 20.7 Å². The molecule has 0 aliphatic rings. The molecule has 0 saturated heterocycles. The first kappa shape index (κ1) is 13.9. The van der Waals surface area contributed by atoms with E-state index in [0.29, 0.717) is 0 Å². The number of rotatable bonds is 4. The van der Waals surface area contributed by atoms with Gasteiger partial charge < -0.3 is 4.74 Å². The molecule has 0 saturated carbocycles. The Morgan fingerprint density at radius 3 is 1.76 bits per heavy atom. The van der Waals surface area contributed by atoms with Crippen LogP contribution in [0.4, 0.5) is 22.0 Å². The number of hydrogen-bond acceptors (Lipinski definition) is 2. The van der Waals surface area contributed by atoms with Gasteiger partial charge in [0, 0.05) is 0 Å². The normalized spacial score (nSPS) is 10.5. The molecule has 0 unspecified atom stereocenters. The van der Waals surface area contributed by atoms with Crippen LogP contribution in [0.1, 0.15) is 0 Å². The molecular weight excluding hydrogens is 315 g/mol. The van der Waals surface area contributed by atoms with Crippen LogP contribution < -0.4 is 4.74 Å². The highest BCUT2D eigenvalue weighted by Gasteiger charge is 2.27. The predicted molar refractivity (Wildman–Crippen MR) is 50.5 cm³/mol. The Bertz CT molecular complexity index is 434. The summed E-state index contributed by atoms with van der Waals surface area (Å²) in [5.41, 5.74) is 0. The first-order valence-electron chi connectivity index (χ1n) is 4.12. The van der Waals surface area contributed by atoms with Crippen LogP contribution in [0, 0.1) is 29.1 Å². The number of carbonyl (C=O) groups is 1. The lowest BCUT2D eigenvalue weighted by Crippen LogP contribution is -2.15. The summed E-state index contributed by atoms with van der Waals surface area (Å²) in [6.07, 6.45) is 0. The first-order chi connectivity index (χ1) is 7.90. The average molecular weight is 319 g/mol. The fraction of sp³-hybridized carbons (Fsp3) is 0.222. The minimum absolute atomic E-state index is 0.164. The van der Waals surface area contributed by atoms with Crippen molar-refractivity contribution in [3.05, 3.63) is 29.1 Å². The lowest BCUT2D eigenvalue weighted by molar-refractivity contribution is -0.118. The molecule has 0 bridgehead atoms. The minimum atomic E-state index is -2.28. The predicted octanol–water partition coefficient (Wildman–Crippen LogP) is 2.72. The minimum Gasteiger partial charge on any atom is -0.479 e. The Labute approximate surface area is 100 Å². The van der Waals surface area contributed by atoms with Crippen molar-refractivity contribution in [2.24, 2.45) is 0 Å². The maximum Gasteiger partial charge on any atom is 0.207 e. The second-order valence-electron chi connectivity index (χ2n) is 2.86. The zero-order chi connectivity index (χ0) is 13.2. The van der Waals surface area contributed by atoms with E-state index >= 15 is 0 Å². The van der Waals surface area contributed by atoms with E-state index < -0.39 is 47.2 Å². The molecule has 1 rings (SSSR count). The van der Waals surface area contributed by atoms with Gasteiger partial charge in [0.05, 0.1) is 5.33 Å². The summed E-state index contributed by atoms with van der Waals surface area (Å²) in [5, 5.41) is -0.164. The SMILES string of the molecule is O=C(CBr)COc1c(F)c(F)c(F)c(F)c1F. The molecule has 0 amide bonds. The van der Waals surface area contributed by atoms with Gasteiger partial charge in [-0.05, 0) is 0 Å². The van der Waals surface area contributed by atoms with Gasteiger partial charge in [0.2, 0.25) is 29.1 Å². The Kier molecular flexibility index (Phi) is 4.44. The van der Waals surface area contributed by atoms with Crippen LogP contribution in [-0.2, 0) is 4.79 Å². The molecule has 0 fully saturated rings. The molecule has 0 atom stereocenters. The van der Waals surface area contributed by atoms with Crippen molar-refractivity contribution in [3.63, 3.8) is 0 Å². The molecule has 17 heavy (non-hydrogen) atoms. The number of benzene rings is 1. The highest BCUT2D eigenvalue weighted by Crippen LogP contribution is 2.28. The molecule has 0 N–H and O–H groups in total. The highest BCUT2D eigenvalue weighted by molar-refractivity contribution is 9.09. The van der Waals surface area contributed by atoms with E-state index in [9.17, 15) is 26.7 Å². The van der Waals surface area contributed by atoms with E-state index in [4.69, 9.17) is 0 Å². The molecule has 0 aliphatic heterocycles. The number of hydrogen-bond donors (Lipinski definition) is 0. The van der Waals surface area contributed by atoms with Crippen LogP contribution in [0.15, 0.2) is 0 Å². The van der Waals surface area contributed by atoms with E-state index in [0.717, 1.165) is 0 Å². The third-order valence-electron chi connectivity index (χ3n) is 1.70. The van der Waals surface area contributed by atoms with Crippen molar-refractivity contribution in [2.75, 3.05) is 11.9 Å². The quantitative estimate of drug-likeness (QED) is 0.369. The molecular formula is C9H4BrF5O2. The van der Waals surface area contributed by atoms with Crippen molar-refractivity contribution in [1.82, 2.24) is 0 Å². The molecule has 2 nitrogen and oxygen atoms in total. The van der Waals surface area contributed by atoms with E-state index in [-0.39, 0.29) is 5.33 Å². The van der Waals surface area contributed by atoms with Crippen LogP contribution in [0.25, 0.3) is 0 Å². The van der Waals surface area contributed by atoms with Crippen LogP contribution in [-0.4, -0.2) is 17.7 Å². The lowest BCUT2D eigenvalue weighted by atomic mass is 10.2. The smallest absolute Gasteiger partial charge is 0.207 e. The van der Waals surface area contributed by atoms with Gasteiger partial charge in [-0.2, -0.15) is 8.78 Å². The molecule has 0 aromatic heterocycles. The van der Waals surface area contributed by atoms with Crippen molar-refractivity contribution in [1.29, 1.82) is 0 Å². The topological polar surface area (TPSA) is 26.3 Å². The molecule has 94 valence electrons. The zero-order valence-corrected chi connectivity index (χ0v) is 9.58. The van der Waals surface area contributed by atoms with Gasteiger partial charge in [-0.25, -0.2) is 13.2 Å². The summed E-state index contributed by atoms with van der Waals surface area (Å²) in [6.45, 7) is -0.802. The molecule has 8 heteroatoms. The molecule has 1 aromatic rings. The molecule has 0 spiro atoms. The molecule has 0 aliphatic carbocycles. The van der Waals surface area contributed by atoms with Gasteiger partial charge in [0.25, 0.3) is 0 Å². The molecule has 0 heterocycles. The van der Waals surface area contributed by atoms with Gasteiger partial charge in [-0.3, -0.25) is 4.79 Å². The molecule has 0 radical (unpaired) electrons. The summed E-state index contributed by atoms with van der Waals surface area (Å²) in [7, 11) is 0. The third-order valence-corrected chi connectivity index (χ3v) is 2.32. The van der Waals surface area contributed by atoms with Crippen molar-refractivity contribution in [2.45, 2.75) is 0 Å². The van der Waals surface area contributed by atoms with Crippen LogP contribution >= 0.6 is 15.9 Å². The van der Waals surface area contributed by atoms with Gasteiger partial charge in [-0.15, -0.1) is 0 Å². The van der Waals surface area contributed by atoms with E-state index in [1.54, 1.807) is 0 Å². The fourth-order valence-corrected chi connectivity index (χ4v) is 1.06. The summed E-state index contributed by atoms with van der Waals surface area (Å²) in [5.74, 6) is -12.8. The Balaban J connectivity index is 3.12. The zero-order valence-electron chi connectivity index (χ0n) is 8.00. The summed E-state index contributed by atoms with van der Waals surface area (Å²) >= 11 is 2.74. The lowest BCUT2D eigenvalue weighted by Gasteiger charge is -2.08. The summed E-state index contributed by atoms with van der Waals surface area (Å²) < 4.78 is 68.2. The van der Waals surface area contributed by atoms with Crippen LogP contribution in [0.2, 0.25) is 0 Å². The number of ketones is 1. The number of Topliss-reactive ketones (excluding diaryl/α,β-unsaturated/α-hetero) is 1. The maximum atomic E-state index is 13.0. The van der Waals surface area contributed by atoms with Crippen molar-refractivity contribution >= 4 is 21.7 Å². The van der Waals surface area contributed by atoms with Crippen molar-refractivity contribution < 1.29 is 31.5 Å². The Hall–Kier alpha value is -1.18. The van der Waals surface area contributed by atoms with Gasteiger partial charge in [0.15, 0.2) is 11.5 Å². The first-order valence-corrected chi connectivity index (χ1v) is 5.24. The second-order valence-corrected chi connectivity index (χ2v) is 3.42. The largest absolute Gasteiger partial charge is 0.479 e. The summed E-state index contributed by atoms with van der Waals surface area (Å²) in [4.78, 5) is 10.8. The molecule has 1 aromatic carbocycles. The highest BCUT2D eigenvalue weighted by atomic mass is 79.9. The average Bonchev–Trinajstić information content (AvgIpc) is 2.33. The monoisotopic (exact) mass is 318 g/mol. The summed E-state index contributed by atoms with van der Waals surface area (Å²) in [6, 6.07) is 0. The van der Waals surface area contributed by atoms with E-state index in [1.807, 2.05) is 0 Å². The fourth-order valence-electron chi connectivity index (χ4n) is 0.903. The van der Waals surface area contributed by atoms with Gasteiger partial charge in [-0.1, -0.05) is 15.9 Å². The number of halogens is 6. The second kappa shape index (κ2) is 5.44. The van der Waals surface area contributed by atoms with Gasteiger partial charge in [0.1, 0.15) is 6.61 Å². The standard InChI is InChI=1S/C9H4BrF5O2/c10-1-3(16)2-17-9-7(14)5(12)4(11)6(13)8(9)15/h1-2H2. The van der Waals surface area contributed by atoms with Crippen LogP contribution in [0.3, 0.4) is 0 Å². The van der Waals surface area contributed by atoms with E-state index in [1.165, 1.54) is 0 Å². The Morgan fingerprint density at radius 2 is 1.35 bits per heavy atom. The number of ether oxygens (including phenoxy) is 1. The maximum absolute atomic E-state index is 13.0. The Morgan fingerprint density at radius 1 is 0.941 bits per heavy atom. The van der Waals surface area contributed by atoms with Gasteiger partial charge >= 0.3 is 0 Å².